The predicted molar refractivity (Wildman–Crippen MR) is 113 cm³/mol. The van der Waals surface area contributed by atoms with Gasteiger partial charge in [-0.3, -0.25) is 29.3 Å². The third-order valence-corrected chi connectivity index (χ3v) is 4.82. The molecule has 14 heteroatoms. The van der Waals surface area contributed by atoms with Crippen LogP contribution in [0.15, 0.2) is 24.2 Å². The minimum absolute atomic E-state index is 0.0462. The number of nitro groups is 1. The van der Waals surface area contributed by atoms with Gasteiger partial charge in [-0.2, -0.15) is 0 Å². The van der Waals surface area contributed by atoms with Crippen molar-refractivity contribution in [3.63, 3.8) is 0 Å². The third-order valence-electron chi connectivity index (χ3n) is 4.82. The van der Waals surface area contributed by atoms with Crippen LogP contribution in [-0.4, -0.2) is 62.1 Å². The Balaban J connectivity index is 2.21. The summed E-state index contributed by atoms with van der Waals surface area (Å²) in [6.07, 6.45) is 1.51. The summed E-state index contributed by atoms with van der Waals surface area (Å²) in [5.74, 6) is -2.56. The number of amides is 1. The Morgan fingerprint density at radius 3 is 2.32 bits per heavy atom. The molecular weight excluding hydrogens is 454 g/mol. The number of anilines is 1. The molecule has 1 aliphatic carbocycles. The molecule has 0 bridgehead atoms. The largest absolute Gasteiger partial charge is 0.461 e. The van der Waals surface area contributed by atoms with Gasteiger partial charge in [0.1, 0.15) is 18.3 Å². The maximum atomic E-state index is 11.9. The van der Waals surface area contributed by atoms with Crippen molar-refractivity contribution in [3.05, 3.63) is 34.3 Å². The Hall–Kier alpha value is -4.36. The number of hydrogen-bond acceptors (Lipinski definition) is 11. The van der Waals surface area contributed by atoms with E-state index in [-0.39, 0.29) is 23.5 Å². The summed E-state index contributed by atoms with van der Waals surface area (Å²) in [4.78, 5) is 65.7. The second-order valence-electron chi connectivity index (χ2n) is 7.40. The van der Waals surface area contributed by atoms with Crippen LogP contribution in [0.25, 0.3) is 11.0 Å². The number of carbonyl (C=O) groups excluding carboxylic acids is 4. The van der Waals surface area contributed by atoms with Gasteiger partial charge in [-0.05, 0) is 0 Å². The molecule has 0 saturated carbocycles. The molecule has 0 fully saturated rings. The number of esters is 3. The van der Waals surface area contributed by atoms with Gasteiger partial charge in [0.2, 0.25) is 5.91 Å². The van der Waals surface area contributed by atoms with Crippen LogP contribution >= 0.6 is 0 Å². The fraction of sp³-hybridized carbons (Fsp3) is 0.400. The lowest BCUT2D eigenvalue weighted by Crippen LogP contribution is -2.37. The van der Waals surface area contributed by atoms with E-state index in [2.05, 4.69) is 15.3 Å². The lowest BCUT2D eigenvalue weighted by Gasteiger charge is -2.26. The quantitative estimate of drug-likeness (QED) is 0.200. The summed E-state index contributed by atoms with van der Waals surface area (Å²) in [5.41, 5.74) is -0.0479. The van der Waals surface area contributed by atoms with Crippen molar-refractivity contribution in [3.8, 4) is 0 Å². The molecule has 0 aliphatic heterocycles. The number of fused-ring (bicyclic) bond motifs is 1. The Labute approximate surface area is 192 Å². The standard InChI is InChI=1S/C20H21N5O9/c1-9(26)23-19-16-15(25(30)31)6-24(20(16)22-8-21-19)14-5-13(7-32-10(2)27)17(33-11(3)28)18(14)34-12(4)29/h5-6,8,14,17-18H,7H2,1-4H3,(H,21,22,23,26)/t14-,17?,18?/m1/s1. The van der Waals surface area contributed by atoms with Gasteiger partial charge in [0.25, 0.3) is 5.69 Å². The van der Waals surface area contributed by atoms with E-state index in [9.17, 15) is 29.3 Å². The highest BCUT2D eigenvalue weighted by atomic mass is 16.6. The molecule has 180 valence electrons. The topological polar surface area (TPSA) is 182 Å². The molecule has 2 heterocycles. The minimum Gasteiger partial charge on any atom is -0.461 e. The van der Waals surface area contributed by atoms with Crippen molar-refractivity contribution in [2.45, 2.75) is 45.9 Å². The first kappa shape index (κ1) is 24.3. The monoisotopic (exact) mass is 475 g/mol. The molecule has 0 aromatic carbocycles. The Morgan fingerprint density at radius 1 is 1.09 bits per heavy atom. The summed E-state index contributed by atoms with van der Waals surface area (Å²) >= 11 is 0. The first-order chi connectivity index (χ1) is 16.0. The van der Waals surface area contributed by atoms with Crippen molar-refractivity contribution in [2.24, 2.45) is 0 Å². The summed E-state index contributed by atoms with van der Waals surface area (Å²) in [6.45, 7) is 4.46. The van der Waals surface area contributed by atoms with Gasteiger partial charge in [0.15, 0.2) is 23.7 Å². The van der Waals surface area contributed by atoms with Gasteiger partial charge < -0.3 is 24.1 Å². The van der Waals surface area contributed by atoms with Crippen LogP contribution in [0.4, 0.5) is 11.5 Å². The number of hydrogen-bond donors (Lipinski definition) is 1. The highest BCUT2D eigenvalue weighted by Gasteiger charge is 2.44. The van der Waals surface area contributed by atoms with E-state index in [1.165, 1.54) is 24.5 Å². The van der Waals surface area contributed by atoms with Crippen molar-refractivity contribution in [2.75, 3.05) is 11.9 Å². The molecule has 2 unspecified atom stereocenters. The molecule has 0 saturated heterocycles. The SMILES string of the molecule is CC(=O)Nc1ncnc2c1c([N+](=O)[O-])cn2[C@@H]1C=C(COC(C)=O)C(OC(C)=O)C1OC(C)=O. The zero-order valence-electron chi connectivity index (χ0n) is 18.6. The van der Waals surface area contributed by atoms with Crippen LogP contribution in [-0.2, 0) is 33.4 Å². The van der Waals surface area contributed by atoms with Gasteiger partial charge in [0, 0.05) is 33.3 Å². The van der Waals surface area contributed by atoms with Gasteiger partial charge in [-0.15, -0.1) is 0 Å². The first-order valence-corrected chi connectivity index (χ1v) is 9.95. The molecule has 1 amide bonds. The Bertz CT molecular complexity index is 1220. The molecule has 14 nitrogen and oxygen atoms in total. The zero-order valence-corrected chi connectivity index (χ0v) is 18.6. The molecule has 2 aromatic rings. The molecule has 0 radical (unpaired) electrons. The van der Waals surface area contributed by atoms with Crippen LogP contribution in [0.2, 0.25) is 0 Å². The fourth-order valence-corrected chi connectivity index (χ4v) is 3.69. The maximum Gasteiger partial charge on any atom is 0.303 e. The molecule has 0 spiro atoms. The zero-order chi connectivity index (χ0) is 25.2. The van der Waals surface area contributed by atoms with E-state index in [1.807, 2.05) is 0 Å². The van der Waals surface area contributed by atoms with Gasteiger partial charge >= 0.3 is 17.9 Å². The van der Waals surface area contributed by atoms with Gasteiger partial charge in [0.05, 0.1) is 17.2 Å². The van der Waals surface area contributed by atoms with E-state index < -0.39 is 52.7 Å². The normalized spacial score (nSPS) is 19.3. The molecule has 34 heavy (non-hydrogen) atoms. The summed E-state index contributed by atoms with van der Waals surface area (Å²) in [6, 6.07) is -0.935. The Kier molecular flexibility index (Phi) is 6.89. The van der Waals surface area contributed by atoms with Crippen LogP contribution in [0.5, 0.6) is 0 Å². The highest BCUT2D eigenvalue weighted by molar-refractivity contribution is 6.02. The number of aromatic nitrogens is 3. The van der Waals surface area contributed by atoms with Crippen LogP contribution in [0.3, 0.4) is 0 Å². The third kappa shape index (κ3) is 5.00. The fourth-order valence-electron chi connectivity index (χ4n) is 3.69. The van der Waals surface area contributed by atoms with Crippen LogP contribution < -0.4 is 5.32 Å². The number of rotatable bonds is 7. The molecule has 1 aliphatic rings. The number of nitrogens with one attached hydrogen (secondary N) is 1. The van der Waals surface area contributed by atoms with E-state index in [0.717, 1.165) is 26.4 Å². The molecule has 3 atom stereocenters. The van der Waals surface area contributed by atoms with Crippen molar-refractivity contribution in [1.29, 1.82) is 0 Å². The first-order valence-electron chi connectivity index (χ1n) is 9.95. The summed E-state index contributed by atoms with van der Waals surface area (Å²) in [5, 5.41) is 14.2. The minimum atomic E-state index is -1.15. The maximum absolute atomic E-state index is 11.9. The summed E-state index contributed by atoms with van der Waals surface area (Å²) in [7, 11) is 0. The lowest BCUT2D eigenvalue weighted by molar-refractivity contribution is -0.383. The number of ether oxygens (including phenoxy) is 3. The molecule has 1 N–H and O–H groups in total. The van der Waals surface area contributed by atoms with E-state index in [1.54, 1.807) is 0 Å². The molecular formula is C20H21N5O9. The average Bonchev–Trinajstić information content (AvgIpc) is 3.25. The number of nitrogens with zero attached hydrogens (tertiary/aromatic N) is 4. The molecule has 3 rings (SSSR count). The highest BCUT2D eigenvalue weighted by Crippen LogP contribution is 2.40. The smallest absolute Gasteiger partial charge is 0.303 e. The van der Waals surface area contributed by atoms with Crippen molar-refractivity contribution in [1.82, 2.24) is 14.5 Å². The van der Waals surface area contributed by atoms with Crippen molar-refractivity contribution >= 4 is 46.4 Å². The number of carbonyl (C=O) groups is 4. The van der Waals surface area contributed by atoms with Crippen LogP contribution in [0, 0.1) is 10.1 Å². The second-order valence-corrected chi connectivity index (χ2v) is 7.40. The van der Waals surface area contributed by atoms with Gasteiger partial charge in [-0.25, -0.2) is 9.97 Å². The van der Waals surface area contributed by atoms with E-state index in [4.69, 9.17) is 14.2 Å². The van der Waals surface area contributed by atoms with Crippen LogP contribution in [0.1, 0.15) is 33.7 Å². The van der Waals surface area contributed by atoms with E-state index in [0.29, 0.717) is 5.57 Å². The van der Waals surface area contributed by atoms with Gasteiger partial charge in [-0.1, -0.05) is 6.08 Å². The average molecular weight is 475 g/mol. The second kappa shape index (κ2) is 9.64. The lowest BCUT2D eigenvalue weighted by atomic mass is 10.1. The van der Waals surface area contributed by atoms with E-state index >= 15 is 0 Å². The predicted octanol–water partition coefficient (Wildman–Crippen LogP) is 1.21. The molecule has 2 aromatic heterocycles. The van der Waals surface area contributed by atoms with Crippen molar-refractivity contribution < 1.29 is 38.3 Å². The Morgan fingerprint density at radius 2 is 1.76 bits per heavy atom. The summed E-state index contributed by atoms with van der Waals surface area (Å²) < 4.78 is 17.2.